The van der Waals surface area contributed by atoms with Crippen LogP contribution in [0.3, 0.4) is 0 Å². The largest absolute Gasteiger partial charge is 0.497 e. The number of hydrogen-bond acceptors (Lipinski definition) is 4. The van der Waals surface area contributed by atoms with Crippen molar-refractivity contribution in [1.82, 2.24) is 15.1 Å². The predicted octanol–water partition coefficient (Wildman–Crippen LogP) is 2.09. The maximum Gasteiger partial charge on any atom is 0.224 e. The van der Waals surface area contributed by atoms with Crippen LogP contribution in [0.1, 0.15) is 17.5 Å². The van der Waals surface area contributed by atoms with E-state index >= 15 is 0 Å². The summed E-state index contributed by atoms with van der Waals surface area (Å²) in [6.07, 6.45) is 0.642. The normalized spacial score (nSPS) is 14.4. The van der Waals surface area contributed by atoms with Gasteiger partial charge in [-0.2, -0.15) is 0 Å². The van der Waals surface area contributed by atoms with Gasteiger partial charge in [0.25, 0.3) is 0 Å². The number of nitrogens with zero attached hydrogens (tertiary/aromatic N) is 2. The summed E-state index contributed by atoms with van der Waals surface area (Å²) < 4.78 is 5.11. The van der Waals surface area contributed by atoms with Crippen LogP contribution in [0.25, 0.3) is 0 Å². The van der Waals surface area contributed by atoms with Crippen LogP contribution in [0, 0.1) is 0 Å². The number of nitrogens with one attached hydrogen (secondary N) is 1. The Hall–Kier alpha value is -2.86. The molecule has 6 heteroatoms. The molecule has 1 aliphatic rings. The average molecular weight is 396 g/mol. The third kappa shape index (κ3) is 6.61. The fourth-order valence-electron chi connectivity index (χ4n) is 3.46. The van der Waals surface area contributed by atoms with Gasteiger partial charge in [0.15, 0.2) is 0 Å². The number of rotatable bonds is 8. The number of benzene rings is 2. The van der Waals surface area contributed by atoms with Gasteiger partial charge in [-0.05, 0) is 23.3 Å². The highest BCUT2D eigenvalue weighted by Gasteiger charge is 2.20. The smallest absolute Gasteiger partial charge is 0.224 e. The number of carbonyl (C=O) groups excluding carboxylic acids is 2. The van der Waals surface area contributed by atoms with Crippen LogP contribution in [0.5, 0.6) is 5.75 Å². The molecule has 2 aromatic carbocycles. The van der Waals surface area contributed by atoms with E-state index in [2.05, 4.69) is 34.5 Å². The van der Waals surface area contributed by atoms with Gasteiger partial charge in [0, 0.05) is 45.7 Å². The van der Waals surface area contributed by atoms with Gasteiger partial charge in [-0.1, -0.05) is 42.5 Å². The third-order valence-corrected chi connectivity index (χ3v) is 5.16. The highest BCUT2D eigenvalue weighted by Crippen LogP contribution is 2.12. The maximum atomic E-state index is 12.4. The van der Waals surface area contributed by atoms with Crippen molar-refractivity contribution in [2.75, 3.05) is 39.8 Å². The maximum absolute atomic E-state index is 12.4. The summed E-state index contributed by atoms with van der Waals surface area (Å²) in [6, 6.07) is 17.8. The van der Waals surface area contributed by atoms with Crippen LogP contribution in [0.15, 0.2) is 54.6 Å². The molecule has 0 saturated carbocycles. The Balaban J connectivity index is 1.33. The van der Waals surface area contributed by atoms with E-state index < -0.39 is 0 Å². The molecule has 0 aromatic heterocycles. The fourth-order valence-corrected chi connectivity index (χ4v) is 3.46. The number of carbonyl (C=O) groups is 2. The molecule has 1 heterocycles. The molecule has 0 aliphatic carbocycles. The molecule has 1 saturated heterocycles. The zero-order valence-electron chi connectivity index (χ0n) is 17.0. The lowest BCUT2D eigenvalue weighted by molar-refractivity contribution is -0.133. The standard InChI is InChI=1S/C23H29N3O3/c1-29-21-9-7-19(8-10-21)17-22(27)24-12-11-23(28)26-15-13-25(14-16-26)18-20-5-3-2-4-6-20/h2-10H,11-18H2,1H3,(H,24,27). The van der Waals surface area contributed by atoms with Crippen molar-refractivity contribution < 1.29 is 14.3 Å². The van der Waals surface area contributed by atoms with E-state index in [0.717, 1.165) is 44.0 Å². The lowest BCUT2D eigenvalue weighted by atomic mass is 10.1. The second-order valence-corrected chi connectivity index (χ2v) is 7.27. The lowest BCUT2D eigenvalue weighted by Crippen LogP contribution is -2.48. The number of ether oxygens (including phenoxy) is 1. The van der Waals surface area contributed by atoms with Gasteiger partial charge in [0.05, 0.1) is 13.5 Å². The lowest BCUT2D eigenvalue weighted by Gasteiger charge is -2.34. The van der Waals surface area contributed by atoms with E-state index in [1.54, 1.807) is 7.11 Å². The second-order valence-electron chi connectivity index (χ2n) is 7.27. The molecule has 2 aromatic rings. The Kier molecular flexibility index (Phi) is 7.64. The summed E-state index contributed by atoms with van der Waals surface area (Å²) in [6.45, 7) is 4.54. The molecule has 0 radical (unpaired) electrons. The highest BCUT2D eigenvalue weighted by atomic mass is 16.5. The molecule has 154 valence electrons. The van der Waals surface area contributed by atoms with Crippen molar-refractivity contribution in [2.24, 2.45) is 0 Å². The van der Waals surface area contributed by atoms with E-state index in [9.17, 15) is 9.59 Å². The predicted molar refractivity (Wildman–Crippen MR) is 113 cm³/mol. The molecule has 6 nitrogen and oxygen atoms in total. The monoisotopic (exact) mass is 395 g/mol. The molecular weight excluding hydrogens is 366 g/mol. The van der Waals surface area contributed by atoms with Gasteiger partial charge in [0.1, 0.15) is 5.75 Å². The number of methoxy groups -OCH3 is 1. The summed E-state index contributed by atoms with van der Waals surface area (Å²) in [5, 5.41) is 2.84. The van der Waals surface area contributed by atoms with E-state index in [-0.39, 0.29) is 11.8 Å². The third-order valence-electron chi connectivity index (χ3n) is 5.16. The van der Waals surface area contributed by atoms with Crippen LogP contribution >= 0.6 is 0 Å². The zero-order valence-corrected chi connectivity index (χ0v) is 17.0. The van der Waals surface area contributed by atoms with Crippen molar-refractivity contribution in [3.8, 4) is 5.75 Å². The van der Waals surface area contributed by atoms with E-state index in [1.807, 2.05) is 35.2 Å². The van der Waals surface area contributed by atoms with Crippen LogP contribution in [0.4, 0.5) is 0 Å². The summed E-state index contributed by atoms with van der Waals surface area (Å²) in [5.74, 6) is 0.799. The molecule has 0 unspecified atom stereocenters. The summed E-state index contributed by atoms with van der Waals surface area (Å²) in [5.41, 5.74) is 2.22. The number of amides is 2. The summed E-state index contributed by atoms with van der Waals surface area (Å²) in [4.78, 5) is 28.8. The zero-order chi connectivity index (χ0) is 20.5. The Morgan fingerprint density at radius 2 is 1.62 bits per heavy atom. The Morgan fingerprint density at radius 3 is 2.28 bits per heavy atom. The summed E-state index contributed by atoms with van der Waals surface area (Å²) in [7, 11) is 1.61. The SMILES string of the molecule is COc1ccc(CC(=O)NCCC(=O)N2CCN(Cc3ccccc3)CC2)cc1. The van der Waals surface area contributed by atoms with Crippen molar-refractivity contribution in [1.29, 1.82) is 0 Å². The van der Waals surface area contributed by atoms with Gasteiger partial charge in [-0.3, -0.25) is 14.5 Å². The Morgan fingerprint density at radius 1 is 0.931 bits per heavy atom. The van der Waals surface area contributed by atoms with E-state index in [1.165, 1.54) is 5.56 Å². The topological polar surface area (TPSA) is 61.9 Å². The first kappa shape index (κ1) is 20.9. The molecule has 0 bridgehead atoms. The molecular formula is C23H29N3O3. The van der Waals surface area contributed by atoms with E-state index in [4.69, 9.17) is 4.74 Å². The molecule has 0 atom stereocenters. The number of piperazine rings is 1. The van der Waals surface area contributed by atoms with Crippen molar-refractivity contribution >= 4 is 11.8 Å². The van der Waals surface area contributed by atoms with Crippen LogP contribution in [-0.4, -0.2) is 61.4 Å². The molecule has 3 rings (SSSR count). The molecule has 1 fully saturated rings. The summed E-state index contributed by atoms with van der Waals surface area (Å²) >= 11 is 0. The Bertz CT molecular complexity index is 785. The Labute approximate surface area is 172 Å². The second kappa shape index (κ2) is 10.6. The molecule has 1 aliphatic heterocycles. The minimum absolute atomic E-state index is 0.0735. The van der Waals surface area contributed by atoms with E-state index in [0.29, 0.717) is 19.4 Å². The number of hydrogen-bond donors (Lipinski definition) is 1. The van der Waals surface area contributed by atoms with Gasteiger partial charge < -0.3 is 15.0 Å². The van der Waals surface area contributed by atoms with Crippen LogP contribution in [0.2, 0.25) is 0 Å². The van der Waals surface area contributed by atoms with Crippen molar-refractivity contribution in [2.45, 2.75) is 19.4 Å². The molecule has 0 spiro atoms. The first-order valence-corrected chi connectivity index (χ1v) is 10.1. The highest BCUT2D eigenvalue weighted by molar-refractivity contribution is 5.80. The first-order chi connectivity index (χ1) is 14.1. The first-order valence-electron chi connectivity index (χ1n) is 10.1. The van der Waals surface area contributed by atoms with Crippen LogP contribution in [-0.2, 0) is 22.6 Å². The quantitative estimate of drug-likeness (QED) is 0.744. The van der Waals surface area contributed by atoms with Crippen molar-refractivity contribution in [3.63, 3.8) is 0 Å². The minimum Gasteiger partial charge on any atom is -0.497 e. The van der Waals surface area contributed by atoms with Gasteiger partial charge in [0.2, 0.25) is 11.8 Å². The van der Waals surface area contributed by atoms with Crippen LogP contribution < -0.4 is 10.1 Å². The average Bonchev–Trinajstić information content (AvgIpc) is 2.75. The molecule has 2 amide bonds. The van der Waals surface area contributed by atoms with Crippen molar-refractivity contribution in [3.05, 3.63) is 65.7 Å². The van der Waals surface area contributed by atoms with Gasteiger partial charge >= 0.3 is 0 Å². The van der Waals surface area contributed by atoms with Gasteiger partial charge in [-0.15, -0.1) is 0 Å². The minimum atomic E-state index is -0.0735. The molecule has 1 N–H and O–H groups in total. The molecule has 29 heavy (non-hydrogen) atoms. The fraction of sp³-hybridized carbons (Fsp3) is 0.391. The van der Waals surface area contributed by atoms with Gasteiger partial charge in [-0.25, -0.2) is 0 Å².